The Labute approximate surface area is 332 Å². The summed E-state index contributed by atoms with van der Waals surface area (Å²) in [5.41, 5.74) is 0. The third kappa shape index (κ3) is 35.3. The maximum atomic E-state index is 12.7. The number of carbonyl (C=O) groups is 3. The SMILES string of the molecule is CCCCC/C=C/C/C=C/C/C=C/CCCCCCCCCCCC(=O)OC(COCCC(C(=O)O)[N+](C)(C)C)COC(=O)CCCCCCCCCC. The van der Waals surface area contributed by atoms with E-state index in [0.29, 0.717) is 19.3 Å². The van der Waals surface area contributed by atoms with Gasteiger partial charge in [0.2, 0.25) is 0 Å². The van der Waals surface area contributed by atoms with Crippen molar-refractivity contribution in [3.8, 4) is 0 Å². The Bertz CT molecular complexity index is 984. The minimum atomic E-state index is -0.876. The summed E-state index contributed by atoms with van der Waals surface area (Å²) in [7, 11) is 5.52. The zero-order chi connectivity index (χ0) is 40.0. The Morgan fingerprint density at radius 2 is 0.981 bits per heavy atom. The molecule has 8 nitrogen and oxygen atoms in total. The molecular formula is C46H84NO7+. The highest BCUT2D eigenvalue weighted by molar-refractivity contribution is 5.72. The Hall–Kier alpha value is -2.45. The van der Waals surface area contributed by atoms with Crippen LogP contribution in [0.25, 0.3) is 0 Å². The molecule has 0 aromatic rings. The van der Waals surface area contributed by atoms with Crippen molar-refractivity contribution in [3.63, 3.8) is 0 Å². The lowest BCUT2D eigenvalue weighted by Gasteiger charge is -2.31. The lowest BCUT2D eigenvalue weighted by atomic mass is 10.1. The molecule has 0 saturated heterocycles. The number of allylic oxidation sites excluding steroid dienone is 6. The molecule has 8 heteroatoms. The maximum absolute atomic E-state index is 12.7. The van der Waals surface area contributed by atoms with Crippen LogP contribution in [0.1, 0.15) is 187 Å². The summed E-state index contributed by atoms with van der Waals surface area (Å²) >= 11 is 0. The van der Waals surface area contributed by atoms with E-state index in [4.69, 9.17) is 14.2 Å². The van der Waals surface area contributed by atoms with Gasteiger partial charge in [-0.1, -0.05) is 153 Å². The second kappa shape index (κ2) is 37.5. The number of rotatable bonds is 39. The van der Waals surface area contributed by atoms with Crippen LogP contribution < -0.4 is 0 Å². The summed E-state index contributed by atoms with van der Waals surface area (Å²) in [6.45, 7) is 4.67. The average molecular weight is 763 g/mol. The van der Waals surface area contributed by atoms with E-state index in [2.05, 4.69) is 50.3 Å². The quantitative estimate of drug-likeness (QED) is 0.0288. The minimum absolute atomic E-state index is 0.0513. The van der Waals surface area contributed by atoms with Crippen LogP contribution in [0.4, 0.5) is 0 Å². The van der Waals surface area contributed by atoms with Gasteiger partial charge in [-0.15, -0.1) is 0 Å². The van der Waals surface area contributed by atoms with Crippen molar-refractivity contribution in [2.45, 2.75) is 199 Å². The highest BCUT2D eigenvalue weighted by Gasteiger charge is 2.31. The van der Waals surface area contributed by atoms with E-state index in [1.165, 1.54) is 96.3 Å². The number of ether oxygens (including phenoxy) is 3. The predicted molar refractivity (Wildman–Crippen MR) is 225 cm³/mol. The van der Waals surface area contributed by atoms with E-state index in [1.807, 2.05) is 21.1 Å². The Morgan fingerprint density at radius 3 is 1.48 bits per heavy atom. The molecule has 0 amide bonds. The molecule has 0 aromatic carbocycles. The molecule has 314 valence electrons. The fraction of sp³-hybridized carbons (Fsp3) is 0.804. The van der Waals surface area contributed by atoms with E-state index in [-0.39, 0.29) is 36.2 Å². The highest BCUT2D eigenvalue weighted by Crippen LogP contribution is 2.14. The molecule has 54 heavy (non-hydrogen) atoms. The van der Waals surface area contributed by atoms with Crippen LogP contribution in [0, 0.1) is 0 Å². The van der Waals surface area contributed by atoms with Crippen molar-refractivity contribution in [3.05, 3.63) is 36.5 Å². The second-order valence-corrected chi connectivity index (χ2v) is 16.0. The second-order valence-electron chi connectivity index (χ2n) is 16.0. The fourth-order valence-corrected chi connectivity index (χ4v) is 6.33. The van der Waals surface area contributed by atoms with Crippen molar-refractivity contribution >= 4 is 17.9 Å². The number of hydrogen-bond acceptors (Lipinski definition) is 6. The van der Waals surface area contributed by atoms with Gasteiger partial charge in [0.15, 0.2) is 12.1 Å². The van der Waals surface area contributed by atoms with Gasteiger partial charge in [0.25, 0.3) is 0 Å². The number of carboxylic acids is 1. The maximum Gasteiger partial charge on any atom is 0.362 e. The topological polar surface area (TPSA) is 99.1 Å². The third-order valence-corrected chi connectivity index (χ3v) is 9.79. The van der Waals surface area contributed by atoms with Gasteiger partial charge < -0.3 is 23.8 Å². The monoisotopic (exact) mass is 763 g/mol. The molecule has 2 atom stereocenters. The summed E-state index contributed by atoms with van der Waals surface area (Å²) in [4.78, 5) is 36.8. The molecule has 0 aliphatic heterocycles. The van der Waals surface area contributed by atoms with E-state index in [0.717, 1.165) is 57.8 Å². The summed E-state index contributed by atoms with van der Waals surface area (Å²) in [6.07, 6.45) is 41.9. The number of hydrogen-bond donors (Lipinski definition) is 1. The zero-order valence-electron chi connectivity index (χ0n) is 35.7. The fourth-order valence-electron chi connectivity index (χ4n) is 6.33. The number of aliphatic carboxylic acids is 1. The van der Waals surface area contributed by atoms with E-state index < -0.39 is 18.1 Å². The number of esters is 2. The Balaban J connectivity index is 4.23. The lowest BCUT2D eigenvalue weighted by molar-refractivity contribution is -0.887. The Morgan fingerprint density at radius 1 is 0.556 bits per heavy atom. The molecular weight excluding hydrogens is 679 g/mol. The van der Waals surface area contributed by atoms with Gasteiger partial charge in [-0.25, -0.2) is 4.79 Å². The van der Waals surface area contributed by atoms with Gasteiger partial charge in [-0.3, -0.25) is 9.59 Å². The van der Waals surface area contributed by atoms with Gasteiger partial charge in [0.1, 0.15) is 6.61 Å². The van der Waals surface area contributed by atoms with E-state index in [1.54, 1.807) is 0 Å². The number of quaternary nitrogens is 1. The molecule has 2 unspecified atom stereocenters. The van der Waals surface area contributed by atoms with Crippen molar-refractivity contribution in [1.29, 1.82) is 0 Å². The van der Waals surface area contributed by atoms with E-state index in [9.17, 15) is 19.5 Å². The van der Waals surface area contributed by atoms with Crippen LogP contribution in [0.5, 0.6) is 0 Å². The van der Waals surface area contributed by atoms with Gasteiger partial charge >= 0.3 is 17.9 Å². The smallest absolute Gasteiger partial charge is 0.362 e. The first kappa shape index (κ1) is 51.5. The average Bonchev–Trinajstić information content (AvgIpc) is 3.12. The molecule has 0 spiro atoms. The Kier molecular flexibility index (Phi) is 35.8. The van der Waals surface area contributed by atoms with Crippen molar-refractivity contribution in [2.24, 2.45) is 0 Å². The van der Waals surface area contributed by atoms with Gasteiger partial charge in [-0.2, -0.15) is 0 Å². The lowest BCUT2D eigenvalue weighted by Crippen LogP contribution is -2.50. The summed E-state index contributed by atoms with van der Waals surface area (Å²) in [6, 6.07) is -0.613. The normalized spacial score (nSPS) is 13.3. The number of carbonyl (C=O) groups excluding carboxylic acids is 2. The van der Waals surface area contributed by atoms with Crippen LogP contribution in [0.15, 0.2) is 36.5 Å². The molecule has 0 bridgehead atoms. The zero-order valence-corrected chi connectivity index (χ0v) is 35.7. The standard InChI is InChI=1S/C46H83NO7/c1-6-8-10-12-14-16-17-18-19-20-21-22-23-24-25-26-27-28-29-31-33-35-37-45(49)54-42(40-52-39-38-43(46(50)51)47(3,4)5)41-53-44(48)36-34-32-30-15-13-11-9-7-2/h14,16,18-19,21-22,42-43H,6-13,15,17,20,23-41H2,1-5H3/p+1/b16-14+,19-18+,22-21+. The molecule has 1 N–H and O–H groups in total. The first-order valence-electron chi connectivity index (χ1n) is 22.0. The predicted octanol–water partition coefficient (Wildman–Crippen LogP) is 11.9. The molecule has 0 saturated carbocycles. The molecule has 0 rings (SSSR count). The van der Waals surface area contributed by atoms with Gasteiger partial charge in [0, 0.05) is 19.3 Å². The first-order valence-corrected chi connectivity index (χ1v) is 22.0. The molecule has 0 aliphatic rings. The van der Waals surface area contributed by atoms with Crippen LogP contribution in [0.2, 0.25) is 0 Å². The van der Waals surface area contributed by atoms with Crippen molar-refractivity contribution in [1.82, 2.24) is 0 Å². The van der Waals surface area contributed by atoms with Crippen LogP contribution in [0.3, 0.4) is 0 Å². The minimum Gasteiger partial charge on any atom is -0.477 e. The summed E-state index contributed by atoms with van der Waals surface area (Å²) in [5, 5.41) is 9.60. The van der Waals surface area contributed by atoms with E-state index >= 15 is 0 Å². The molecule has 0 aromatic heterocycles. The van der Waals surface area contributed by atoms with Crippen LogP contribution in [-0.2, 0) is 28.6 Å². The number of nitrogens with zero attached hydrogens (tertiary/aromatic N) is 1. The third-order valence-electron chi connectivity index (χ3n) is 9.79. The van der Waals surface area contributed by atoms with Crippen LogP contribution in [-0.4, -0.2) is 80.6 Å². The molecule has 0 radical (unpaired) electrons. The largest absolute Gasteiger partial charge is 0.477 e. The summed E-state index contributed by atoms with van der Waals surface area (Å²) < 4.78 is 17.2. The molecule has 0 aliphatic carbocycles. The molecule has 0 fully saturated rings. The number of carboxylic acid groups (broad SMARTS) is 1. The molecule has 0 heterocycles. The summed E-state index contributed by atoms with van der Waals surface area (Å²) in [5.74, 6) is -1.48. The van der Waals surface area contributed by atoms with Gasteiger partial charge in [0.05, 0.1) is 34.4 Å². The first-order chi connectivity index (χ1) is 26.1. The van der Waals surface area contributed by atoms with Crippen LogP contribution >= 0.6 is 0 Å². The van der Waals surface area contributed by atoms with Crippen molar-refractivity contribution < 1.29 is 38.2 Å². The number of unbranched alkanes of at least 4 members (excludes halogenated alkanes) is 19. The van der Waals surface area contributed by atoms with Gasteiger partial charge in [-0.05, 0) is 51.4 Å². The highest BCUT2D eigenvalue weighted by atomic mass is 16.6. The number of likely N-dealkylation sites (N-methyl/N-ethyl adjacent to an activating group) is 1. The van der Waals surface area contributed by atoms with Crippen molar-refractivity contribution in [2.75, 3.05) is 41.0 Å².